The van der Waals surface area contributed by atoms with E-state index in [1.165, 1.54) is 321 Å². The number of allylic oxidation sites excluding steroid dienone is 4. The molecule has 0 aromatic rings. The van der Waals surface area contributed by atoms with E-state index in [1.54, 1.807) is 0 Å². The number of carbonyl (C=O) groups excluding carboxylic acids is 1. The van der Waals surface area contributed by atoms with Gasteiger partial charge in [-0.15, -0.1) is 0 Å². The summed E-state index contributed by atoms with van der Waals surface area (Å²) in [4.78, 5) is 12.7. The fourth-order valence-electron chi connectivity index (χ4n) is 11.2. The van der Waals surface area contributed by atoms with Crippen LogP contribution in [0.15, 0.2) is 24.3 Å². The fraction of sp³-hybridized carbons (Fsp3) is 0.929. The van der Waals surface area contributed by atoms with Gasteiger partial charge in [0.15, 0.2) is 0 Å². The minimum Gasteiger partial charge on any atom is -0.394 e. The lowest BCUT2D eigenvalue weighted by molar-refractivity contribution is -0.132. The van der Waals surface area contributed by atoms with E-state index in [0.717, 1.165) is 38.5 Å². The predicted molar refractivity (Wildman–Crippen MR) is 334 cm³/mol. The van der Waals surface area contributed by atoms with Crippen LogP contribution in [0.25, 0.3) is 0 Å². The highest BCUT2D eigenvalue weighted by Crippen LogP contribution is 2.19. The summed E-state index contributed by atoms with van der Waals surface area (Å²) in [5, 5.41) is 44.2. The zero-order valence-corrected chi connectivity index (χ0v) is 51.5. The molecule has 0 aromatic carbocycles. The Bertz CT molecular complexity index is 1160. The Hall–Kier alpha value is -1.21. The standard InChI is InChI=1S/C70H137NO5/c1-3-5-7-9-11-13-15-17-19-21-23-25-27-29-31-33-34-36-38-40-42-44-46-48-50-52-54-56-58-60-62-64-68(74)70(76)71-66(65-72)69(75)67(73)63-61-59-57-55-53-51-49-47-45-43-41-39-37-35-32-30-28-26-24-22-20-18-16-14-12-10-8-6-4-2/h29,31,55,57,66-69,72-75H,3-28,30,32-54,56,58-65H2,1-2H3,(H,71,76)/b31-29-,57-55+. The van der Waals surface area contributed by atoms with Crippen molar-refractivity contribution in [1.29, 1.82) is 0 Å². The molecule has 0 aromatic heterocycles. The molecule has 0 aliphatic carbocycles. The largest absolute Gasteiger partial charge is 0.394 e. The number of aliphatic hydroxyl groups is 4. The first kappa shape index (κ1) is 74.8. The van der Waals surface area contributed by atoms with Crippen LogP contribution in [-0.2, 0) is 4.79 Å². The van der Waals surface area contributed by atoms with Crippen LogP contribution in [0.4, 0.5) is 0 Å². The van der Waals surface area contributed by atoms with E-state index in [2.05, 4.69) is 43.5 Å². The summed E-state index contributed by atoms with van der Waals surface area (Å²) in [6.45, 7) is 4.10. The summed E-state index contributed by atoms with van der Waals surface area (Å²) in [5.74, 6) is -0.586. The molecule has 1 amide bonds. The number of hydrogen-bond donors (Lipinski definition) is 5. The highest BCUT2D eigenvalue weighted by atomic mass is 16.3. The normalized spacial score (nSPS) is 13.6. The molecule has 76 heavy (non-hydrogen) atoms. The van der Waals surface area contributed by atoms with Crippen LogP contribution < -0.4 is 5.32 Å². The molecule has 4 unspecified atom stereocenters. The van der Waals surface area contributed by atoms with Gasteiger partial charge in [-0.1, -0.05) is 346 Å². The Morgan fingerprint density at radius 2 is 0.539 bits per heavy atom. The van der Waals surface area contributed by atoms with Gasteiger partial charge < -0.3 is 25.7 Å². The van der Waals surface area contributed by atoms with Crippen molar-refractivity contribution in [3.63, 3.8) is 0 Å². The average molecular weight is 1070 g/mol. The second-order valence-corrected chi connectivity index (χ2v) is 24.2. The minimum absolute atomic E-state index is 0.366. The van der Waals surface area contributed by atoms with Crippen LogP contribution in [0.5, 0.6) is 0 Å². The summed E-state index contributed by atoms with van der Waals surface area (Å²) in [5.41, 5.74) is 0. The van der Waals surface area contributed by atoms with Crippen LogP contribution in [-0.4, -0.2) is 57.3 Å². The van der Waals surface area contributed by atoms with Crippen molar-refractivity contribution in [2.45, 2.75) is 411 Å². The monoisotopic (exact) mass is 1070 g/mol. The van der Waals surface area contributed by atoms with Crippen molar-refractivity contribution in [3.05, 3.63) is 24.3 Å². The Morgan fingerprint density at radius 1 is 0.316 bits per heavy atom. The molecule has 0 saturated carbocycles. The van der Waals surface area contributed by atoms with Crippen LogP contribution in [0, 0.1) is 0 Å². The summed E-state index contributed by atoms with van der Waals surface area (Å²) in [6, 6.07) is -1.00. The molecule has 0 saturated heterocycles. The van der Waals surface area contributed by atoms with Gasteiger partial charge in [-0.2, -0.15) is 0 Å². The van der Waals surface area contributed by atoms with Gasteiger partial charge in [-0.25, -0.2) is 0 Å². The first-order chi connectivity index (χ1) is 37.5. The molecule has 6 nitrogen and oxygen atoms in total. The van der Waals surface area contributed by atoms with Crippen molar-refractivity contribution >= 4 is 5.91 Å². The molecule has 4 atom stereocenters. The Labute approximate surface area is 475 Å². The highest BCUT2D eigenvalue weighted by molar-refractivity contribution is 5.80. The molecule has 0 fully saturated rings. The third kappa shape index (κ3) is 57.5. The van der Waals surface area contributed by atoms with Crippen molar-refractivity contribution < 1.29 is 25.2 Å². The number of aliphatic hydroxyl groups excluding tert-OH is 4. The topological polar surface area (TPSA) is 110 Å². The third-order valence-corrected chi connectivity index (χ3v) is 16.6. The summed E-state index contributed by atoms with van der Waals surface area (Å²) < 4.78 is 0. The summed E-state index contributed by atoms with van der Waals surface area (Å²) in [7, 11) is 0. The van der Waals surface area contributed by atoms with Crippen LogP contribution in [0.3, 0.4) is 0 Å². The molecule has 6 heteroatoms. The second kappa shape index (κ2) is 64.6. The maximum Gasteiger partial charge on any atom is 0.249 e. The number of rotatable bonds is 65. The molecule has 0 bridgehead atoms. The highest BCUT2D eigenvalue weighted by Gasteiger charge is 2.28. The van der Waals surface area contributed by atoms with Crippen molar-refractivity contribution in [2.75, 3.05) is 6.61 Å². The van der Waals surface area contributed by atoms with E-state index >= 15 is 0 Å². The molecule has 0 aliphatic heterocycles. The number of nitrogens with one attached hydrogen (secondary N) is 1. The van der Waals surface area contributed by atoms with Gasteiger partial charge in [0.05, 0.1) is 18.8 Å². The SMILES string of the molecule is CCCCCCCCCCCCCC/C=C\CCCCCCCCCCCCCCCCCC(O)C(=O)NC(CO)C(O)C(O)CCC/C=C/CCCCCCCCCCCCCCCCCCCCCCCCCC. The van der Waals surface area contributed by atoms with Gasteiger partial charge in [0.1, 0.15) is 12.2 Å². The Kier molecular flexibility index (Phi) is 63.6. The zero-order chi connectivity index (χ0) is 55.1. The minimum atomic E-state index is -1.28. The van der Waals surface area contributed by atoms with Crippen molar-refractivity contribution in [3.8, 4) is 0 Å². The predicted octanol–water partition coefficient (Wildman–Crippen LogP) is 21.3. The van der Waals surface area contributed by atoms with E-state index in [-0.39, 0.29) is 0 Å². The smallest absolute Gasteiger partial charge is 0.249 e. The molecular formula is C70H137NO5. The maximum atomic E-state index is 12.7. The van der Waals surface area contributed by atoms with E-state index in [4.69, 9.17) is 0 Å². The van der Waals surface area contributed by atoms with Gasteiger partial charge in [0.2, 0.25) is 5.91 Å². The van der Waals surface area contributed by atoms with E-state index < -0.39 is 36.9 Å². The Morgan fingerprint density at radius 3 is 0.789 bits per heavy atom. The van der Waals surface area contributed by atoms with E-state index in [0.29, 0.717) is 12.8 Å². The first-order valence-corrected chi connectivity index (χ1v) is 34.7. The molecule has 0 radical (unpaired) electrons. The van der Waals surface area contributed by atoms with Gasteiger partial charge in [-0.05, 0) is 64.2 Å². The average Bonchev–Trinajstić information content (AvgIpc) is 3.42. The number of hydrogen-bond acceptors (Lipinski definition) is 5. The van der Waals surface area contributed by atoms with Crippen LogP contribution >= 0.6 is 0 Å². The summed E-state index contributed by atoms with van der Waals surface area (Å²) >= 11 is 0. The number of unbranched alkanes of at least 4 members (excludes halogenated alkanes) is 52. The van der Waals surface area contributed by atoms with Crippen molar-refractivity contribution in [1.82, 2.24) is 5.32 Å². The molecule has 0 heterocycles. The van der Waals surface area contributed by atoms with Gasteiger partial charge in [0.25, 0.3) is 0 Å². The summed E-state index contributed by atoms with van der Waals surface area (Å²) in [6.07, 6.45) is 81.6. The van der Waals surface area contributed by atoms with E-state index in [9.17, 15) is 25.2 Å². The lowest BCUT2D eigenvalue weighted by atomic mass is 10.00. The van der Waals surface area contributed by atoms with Crippen LogP contribution in [0.2, 0.25) is 0 Å². The molecular weight excluding hydrogens is 935 g/mol. The molecule has 452 valence electrons. The number of carbonyl (C=O) groups is 1. The third-order valence-electron chi connectivity index (χ3n) is 16.6. The molecule has 0 aliphatic rings. The zero-order valence-electron chi connectivity index (χ0n) is 51.5. The van der Waals surface area contributed by atoms with Crippen molar-refractivity contribution in [2.24, 2.45) is 0 Å². The molecule has 5 N–H and O–H groups in total. The number of amides is 1. The first-order valence-electron chi connectivity index (χ1n) is 34.7. The maximum absolute atomic E-state index is 12.7. The lowest BCUT2D eigenvalue weighted by Crippen LogP contribution is -2.53. The second-order valence-electron chi connectivity index (χ2n) is 24.2. The molecule has 0 rings (SSSR count). The van der Waals surface area contributed by atoms with E-state index in [1.807, 2.05) is 0 Å². The van der Waals surface area contributed by atoms with Crippen LogP contribution in [0.1, 0.15) is 386 Å². The quantitative estimate of drug-likeness (QED) is 0.0308. The molecule has 0 spiro atoms. The van der Waals surface area contributed by atoms with Gasteiger partial charge >= 0.3 is 0 Å². The van der Waals surface area contributed by atoms with Gasteiger partial charge in [0, 0.05) is 0 Å². The van der Waals surface area contributed by atoms with Gasteiger partial charge in [-0.3, -0.25) is 4.79 Å². The fourth-order valence-corrected chi connectivity index (χ4v) is 11.2. The Balaban J connectivity index is 3.56. The lowest BCUT2D eigenvalue weighted by Gasteiger charge is -2.27.